The van der Waals surface area contributed by atoms with Gasteiger partial charge in [-0.25, -0.2) is 0 Å². The number of carbonyl (C=O) groups excluding carboxylic acids is 2. The van der Waals surface area contributed by atoms with Crippen LogP contribution in [-0.2, 0) is 14.3 Å². The van der Waals surface area contributed by atoms with Gasteiger partial charge in [-0.05, 0) is 24.8 Å². The van der Waals surface area contributed by atoms with E-state index in [4.69, 9.17) is 10.5 Å². The van der Waals surface area contributed by atoms with Crippen LogP contribution in [0.2, 0.25) is 0 Å². The molecule has 1 atom stereocenters. The molecule has 0 rings (SSSR count). The highest BCUT2D eigenvalue weighted by molar-refractivity contribution is 5.84. The average molecular weight is 273 g/mol. The van der Waals surface area contributed by atoms with Gasteiger partial charge in [0.25, 0.3) is 0 Å². The largest absolute Gasteiger partial charge is 0.383 e. The van der Waals surface area contributed by atoms with E-state index >= 15 is 0 Å². The number of hydrogen-bond acceptors (Lipinski definition) is 4. The molecule has 0 unspecified atom stereocenters. The van der Waals surface area contributed by atoms with E-state index < -0.39 is 0 Å². The van der Waals surface area contributed by atoms with Crippen molar-refractivity contribution in [1.29, 1.82) is 0 Å². The van der Waals surface area contributed by atoms with E-state index in [1.165, 1.54) is 0 Å². The molecule has 0 aromatic rings. The van der Waals surface area contributed by atoms with E-state index in [9.17, 15) is 9.59 Å². The molecule has 0 aliphatic carbocycles. The first-order valence-corrected chi connectivity index (χ1v) is 6.72. The molecule has 0 aliphatic heterocycles. The van der Waals surface area contributed by atoms with Crippen LogP contribution in [0.4, 0.5) is 0 Å². The van der Waals surface area contributed by atoms with Gasteiger partial charge in [0.2, 0.25) is 11.8 Å². The van der Waals surface area contributed by atoms with E-state index in [0.717, 1.165) is 6.42 Å². The zero-order valence-corrected chi connectivity index (χ0v) is 12.2. The fourth-order valence-electron chi connectivity index (χ4n) is 1.80. The van der Waals surface area contributed by atoms with Crippen LogP contribution in [-0.4, -0.2) is 45.2 Å². The van der Waals surface area contributed by atoms with Gasteiger partial charge < -0.3 is 21.1 Å². The summed E-state index contributed by atoms with van der Waals surface area (Å²) in [5.41, 5.74) is 5.63. The van der Waals surface area contributed by atoms with Crippen LogP contribution in [0, 0.1) is 11.8 Å². The summed E-state index contributed by atoms with van der Waals surface area (Å²) in [6.07, 6.45) is 1.30. The van der Waals surface area contributed by atoms with Gasteiger partial charge >= 0.3 is 0 Å². The van der Waals surface area contributed by atoms with Crippen LogP contribution in [0.1, 0.15) is 26.7 Å². The Labute approximate surface area is 115 Å². The molecule has 0 heterocycles. The van der Waals surface area contributed by atoms with E-state index in [2.05, 4.69) is 24.5 Å². The van der Waals surface area contributed by atoms with Crippen molar-refractivity contribution in [2.45, 2.75) is 26.7 Å². The Morgan fingerprint density at radius 1 is 1.21 bits per heavy atom. The number of nitrogens with one attached hydrogen (secondary N) is 2. The Morgan fingerprint density at radius 3 is 2.42 bits per heavy atom. The summed E-state index contributed by atoms with van der Waals surface area (Å²) in [6.45, 7) is 5.61. The molecular weight excluding hydrogens is 246 g/mol. The lowest BCUT2D eigenvalue weighted by Gasteiger charge is -2.16. The molecule has 19 heavy (non-hydrogen) atoms. The van der Waals surface area contributed by atoms with Crippen molar-refractivity contribution in [2.75, 3.05) is 33.4 Å². The molecule has 0 saturated carbocycles. The summed E-state index contributed by atoms with van der Waals surface area (Å²) in [5.74, 6) is 0.354. The third kappa shape index (κ3) is 10.5. The maximum atomic E-state index is 11.7. The predicted molar refractivity (Wildman–Crippen MR) is 74.5 cm³/mol. The molecule has 0 saturated heterocycles. The van der Waals surface area contributed by atoms with Crippen molar-refractivity contribution in [1.82, 2.24) is 10.6 Å². The lowest BCUT2D eigenvalue weighted by Crippen LogP contribution is -2.39. The molecule has 2 amide bonds. The van der Waals surface area contributed by atoms with Crippen molar-refractivity contribution < 1.29 is 14.3 Å². The monoisotopic (exact) mass is 273 g/mol. The minimum Gasteiger partial charge on any atom is -0.383 e. The molecule has 0 radical (unpaired) electrons. The summed E-state index contributed by atoms with van der Waals surface area (Å²) >= 11 is 0. The minimum absolute atomic E-state index is 0.00151. The molecule has 112 valence electrons. The van der Waals surface area contributed by atoms with Gasteiger partial charge in [-0.1, -0.05) is 13.8 Å². The number of carbonyl (C=O) groups is 2. The van der Waals surface area contributed by atoms with Gasteiger partial charge in [-0.3, -0.25) is 9.59 Å². The Morgan fingerprint density at radius 2 is 1.89 bits per heavy atom. The van der Waals surface area contributed by atoms with E-state index in [-0.39, 0.29) is 24.3 Å². The number of rotatable bonds is 10. The minimum atomic E-state index is -0.210. The molecule has 6 nitrogen and oxygen atoms in total. The zero-order valence-electron chi connectivity index (χ0n) is 12.2. The fourth-order valence-corrected chi connectivity index (χ4v) is 1.80. The van der Waals surface area contributed by atoms with Crippen LogP contribution in [0.25, 0.3) is 0 Å². The molecule has 0 spiro atoms. The number of hydrogen-bond donors (Lipinski definition) is 3. The molecule has 4 N–H and O–H groups in total. The van der Waals surface area contributed by atoms with Crippen LogP contribution in [0.5, 0.6) is 0 Å². The summed E-state index contributed by atoms with van der Waals surface area (Å²) < 4.78 is 4.81. The summed E-state index contributed by atoms with van der Waals surface area (Å²) in [6, 6.07) is 0. The second-order valence-corrected chi connectivity index (χ2v) is 5.05. The normalized spacial score (nSPS) is 12.3. The van der Waals surface area contributed by atoms with Gasteiger partial charge in [0.1, 0.15) is 0 Å². The van der Waals surface area contributed by atoms with Gasteiger partial charge in [-0.15, -0.1) is 0 Å². The highest BCUT2D eigenvalue weighted by Gasteiger charge is 2.14. The lowest BCUT2D eigenvalue weighted by molar-refractivity contribution is -0.126. The molecule has 6 heteroatoms. The number of amides is 2. The SMILES string of the molecule is COCCNC(=O)CNC(=O)C[C@@H](CN)CC(C)C. The fraction of sp³-hybridized carbons (Fsp3) is 0.846. The molecule has 0 aromatic carbocycles. The van der Waals surface area contributed by atoms with E-state index in [1.54, 1.807) is 7.11 Å². The number of methoxy groups -OCH3 is 1. The number of nitrogens with two attached hydrogens (primary N) is 1. The highest BCUT2D eigenvalue weighted by atomic mass is 16.5. The van der Waals surface area contributed by atoms with Crippen LogP contribution in [0.3, 0.4) is 0 Å². The van der Waals surface area contributed by atoms with Gasteiger partial charge in [-0.2, -0.15) is 0 Å². The third-order valence-corrected chi connectivity index (χ3v) is 2.69. The van der Waals surface area contributed by atoms with Crippen molar-refractivity contribution in [2.24, 2.45) is 17.6 Å². The maximum Gasteiger partial charge on any atom is 0.239 e. The lowest BCUT2D eigenvalue weighted by atomic mass is 9.94. The zero-order chi connectivity index (χ0) is 14.7. The summed E-state index contributed by atoms with van der Waals surface area (Å²) in [5, 5.41) is 5.24. The Bertz CT molecular complexity index is 270. The van der Waals surface area contributed by atoms with Crippen molar-refractivity contribution in [3.05, 3.63) is 0 Å². The van der Waals surface area contributed by atoms with Crippen LogP contribution in [0.15, 0.2) is 0 Å². The first kappa shape index (κ1) is 17.9. The second-order valence-electron chi connectivity index (χ2n) is 5.05. The predicted octanol–water partition coefficient (Wildman–Crippen LogP) is -0.124. The smallest absolute Gasteiger partial charge is 0.239 e. The molecule has 0 aromatic heterocycles. The molecule has 0 bridgehead atoms. The van der Waals surface area contributed by atoms with Crippen LogP contribution >= 0.6 is 0 Å². The molecular formula is C13H27N3O3. The standard InChI is InChI=1S/C13H27N3O3/c1-10(2)6-11(8-14)7-12(17)16-9-13(18)15-4-5-19-3/h10-11H,4-9,14H2,1-3H3,(H,15,18)(H,16,17)/t11-/m0/s1. The molecule has 0 fully saturated rings. The second kappa shape index (κ2) is 10.8. The van der Waals surface area contributed by atoms with Crippen molar-refractivity contribution in [3.63, 3.8) is 0 Å². The van der Waals surface area contributed by atoms with Crippen molar-refractivity contribution >= 4 is 11.8 Å². The van der Waals surface area contributed by atoms with Gasteiger partial charge in [0.05, 0.1) is 13.2 Å². The van der Waals surface area contributed by atoms with Gasteiger partial charge in [0, 0.05) is 20.1 Å². The first-order valence-electron chi connectivity index (χ1n) is 6.72. The number of ether oxygens (including phenoxy) is 1. The molecule has 0 aliphatic rings. The van der Waals surface area contributed by atoms with E-state index in [0.29, 0.717) is 32.0 Å². The first-order chi connectivity index (χ1) is 8.99. The average Bonchev–Trinajstić information content (AvgIpc) is 2.35. The Balaban J connectivity index is 3.81. The Kier molecular flexibility index (Phi) is 10.1. The van der Waals surface area contributed by atoms with Crippen molar-refractivity contribution in [3.8, 4) is 0 Å². The topological polar surface area (TPSA) is 93.5 Å². The highest BCUT2D eigenvalue weighted by Crippen LogP contribution is 2.13. The third-order valence-electron chi connectivity index (χ3n) is 2.69. The quantitative estimate of drug-likeness (QED) is 0.484. The Hall–Kier alpha value is -1.14. The summed E-state index contributed by atoms with van der Waals surface area (Å²) in [7, 11) is 1.57. The summed E-state index contributed by atoms with van der Waals surface area (Å²) in [4.78, 5) is 23.0. The van der Waals surface area contributed by atoms with E-state index in [1.807, 2.05) is 0 Å². The van der Waals surface area contributed by atoms with Crippen LogP contribution < -0.4 is 16.4 Å². The maximum absolute atomic E-state index is 11.7. The van der Waals surface area contributed by atoms with Gasteiger partial charge in [0.15, 0.2) is 0 Å².